The molecule has 0 amide bonds. The molecule has 1 saturated carbocycles. The zero-order chi connectivity index (χ0) is 14.6. The van der Waals surface area contributed by atoms with Crippen LogP contribution in [0, 0.1) is 17.2 Å². The van der Waals surface area contributed by atoms with Crippen molar-refractivity contribution in [3.8, 4) is 11.8 Å². The van der Waals surface area contributed by atoms with Crippen molar-refractivity contribution < 1.29 is 13.2 Å². The number of nitriles is 1. The van der Waals surface area contributed by atoms with Gasteiger partial charge >= 0.3 is 0 Å². The molecule has 1 aliphatic carbocycles. The first-order valence-corrected chi connectivity index (χ1v) is 8.98. The summed E-state index contributed by atoms with van der Waals surface area (Å²) in [5.74, 6) is 0.428. The molecule has 7 heteroatoms. The Morgan fingerprint density at radius 3 is 2.75 bits per heavy atom. The maximum absolute atomic E-state index is 12.4. The predicted molar refractivity (Wildman–Crippen MR) is 77.2 cm³/mol. The van der Waals surface area contributed by atoms with Crippen LogP contribution in [0.3, 0.4) is 0 Å². The Bertz CT molecular complexity index is 583. The van der Waals surface area contributed by atoms with Gasteiger partial charge in [0.25, 0.3) is 10.0 Å². The van der Waals surface area contributed by atoms with Gasteiger partial charge in [-0.2, -0.15) is 9.98 Å². The van der Waals surface area contributed by atoms with Crippen LogP contribution in [-0.4, -0.2) is 21.6 Å². The number of hydrogen-bond acceptors (Lipinski definition) is 5. The van der Waals surface area contributed by atoms with Crippen LogP contribution in [-0.2, 0) is 10.0 Å². The summed E-state index contributed by atoms with van der Waals surface area (Å²) < 4.78 is 32.4. The van der Waals surface area contributed by atoms with Crippen molar-refractivity contribution in [2.45, 2.75) is 42.4 Å². The minimum Gasteiger partial charge on any atom is -0.494 e. The fraction of sp³-hybridized carbons (Fsp3) is 0.615. The summed E-state index contributed by atoms with van der Waals surface area (Å²) in [7, 11) is -2.26. The Balaban J connectivity index is 2.16. The lowest BCUT2D eigenvalue weighted by Gasteiger charge is -2.26. The van der Waals surface area contributed by atoms with Crippen molar-refractivity contribution in [1.29, 1.82) is 5.26 Å². The lowest BCUT2D eigenvalue weighted by molar-refractivity contribution is 0.323. The van der Waals surface area contributed by atoms with E-state index in [1.807, 2.05) is 0 Å². The maximum atomic E-state index is 12.4. The molecule has 5 nitrogen and oxygen atoms in total. The third-order valence-corrected chi connectivity index (χ3v) is 6.49. The van der Waals surface area contributed by atoms with Crippen LogP contribution in [0.25, 0.3) is 0 Å². The van der Waals surface area contributed by atoms with Crippen LogP contribution < -0.4 is 9.46 Å². The van der Waals surface area contributed by atoms with E-state index in [4.69, 9.17) is 4.74 Å². The van der Waals surface area contributed by atoms with E-state index >= 15 is 0 Å². The standard InChI is InChI=1S/C13H18N2O3S2/c1-18-12-7-8-19-13(12)20(16,17)15-11(9-14)10-5-3-2-4-6-10/h7-8,10-11,15H,2-6H2,1H3. The fourth-order valence-electron chi connectivity index (χ4n) is 2.55. The second kappa shape index (κ2) is 6.57. The molecule has 1 aromatic heterocycles. The Kier molecular flexibility index (Phi) is 5.02. The number of ether oxygens (including phenoxy) is 1. The first kappa shape index (κ1) is 15.3. The van der Waals surface area contributed by atoms with Crippen LogP contribution in [0.1, 0.15) is 32.1 Å². The molecule has 1 fully saturated rings. The average Bonchev–Trinajstić information content (AvgIpc) is 2.95. The monoisotopic (exact) mass is 314 g/mol. The summed E-state index contributed by atoms with van der Waals surface area (Å²) >= 11 is 1.10. The van der Waals surface area contributed by atoms with E-state index in [9.17, 15) is 13.7 Å². The van der Waals surface area contributed by atoms with Gasteiger partial charge in [0.05, 0.1) is 13.2 Å². The van der Waals surface area contributed by atoms with E-state index < -0.39 is 16.1 Å². The van der Waals surface area contributed by atoms with Crippen LogP contribution in [0.15, 0.2) is 15.7 Å². The quantitative estimate of drug-likeness (QED) is 0.905. The molecule has 1 N–H and O–H groups in total. The molecule has 1 aliphatic rings. The van der Waals surface area contributed by atoms with Crippen LogP contribution in [0.5, 0.6) is 5.75 Å². The van der Waals surface area contributed by atoms with Gasteiger partial charge in [-0.05, 0) is 30.2 Å². The van der Waals surface area contributed by atoms with Gasteiger partial charge in [0.1, 0.15) is 11.8 Å². The van der Waals surface area contributed by atoms with Gasteiger partial charge in [0, 0.05) is 0 Å². The highest BCUT2D eigenvalue weighted by Gasteiger charge is 2.30. The number of methoxy groups -OCH3 is 1. The van der Waals surface area contributed by atoms with E-state index in [1.165, 1.54) is 13.5 Å². The molecule has 110 valence electrons. The summed E-state index contributed by atoms with van der Waals surface area (Å²) in [5, 5.41) is 10.9. The minimum absolute atomic E-state index is 0.106. The van der Waals surface area contributed by atoms with Crippen LogP contribution in [0.4, 0.5) is 0 Å². The molecular formula is C13H18N2O3S2. The zero-order valence-corrected chi connectivity index (χ0v) is 13.0. The van der Waals surface area contributed by atoms with E-state index in [1.54, 1.807) is 11.4 Å². The van der Waals surface area contributed by atoms with Gasteiger partial charge in [-0.25, -0.2) is 8.42 Å². The lowest BCUT2D eigenvalue weighted by Crippen LogP contribution is -2.39. The first-order chi connectivity index (χ1) is 9.58. The molecule has 0 bridgehead atoms. The third-order valence-electron chi connectivity index (χ3n) is 3.60. The fourth-order valence-corrected chi connectivity index (χ4v) is 5.05. The van der Waals surface area contributed by atoms with Crippen LogP contribution >= 0.6 is 11.3 Å². The summed E-state index contributed by atoms with van der Waals surface area (Å²) in [5.41, 5.74) is 0. The highest BCUT2D eigenvalue weighted by Crippen LogP contribution is 2.31. The zero-order valence-electron chi connectivity index (χ0n) is 11.3. The molecule has 0 radical (unpaired) electrons. The van der Waals surface area contributed by atoms with E-state index in [0.717, 1.165) is 37.0 Å². The van der Waals surface area contributed by atoms with Crippen molar-refractivity contribution in [2.75, 3.05) is 7.11 Å². The van der Waals surface area contributed by atoms with Gasteiger partial charge in [-0.15, -0.1) is 11.3 Å². The number of thiophene rings is 1. The van der Waals surface area contributed by atoms with E-state index in [2.05, 4.69) is 10.8 Å². The molecule has 1 unspecified atom stereocenters. The highest BCUT2D eigenvalue weighted by atomic mass is 32.2. The van der Waals surface area contributed by atoms with Gasteiger partial charge in [-0.1, -0.05) is 19.3 Å². The van der Waals surface area contributed by atoms with Crippen molar-refractivity contribution in [2.24, 2.45) is 5.92 Å². The lowest BCUT2D eigenvalue weighted by atomic mass is 9.85. The molecule has 1 aromatic rings. The Morgan fingerprint density at radius 2 is 2.15 bits per heavy atom. The number of nitrogens with zero attached hydrogens (tertiary/aromatic N) is 1. The van der Waals surface area contributed by atoms with Gasteiger partial charge in [0.2, 0.25) is 0 Å². The Labute approximate surface area is 123 Å². The molecule has 20 heavy (non-hydrogen) atoms. The minimum atomic E-state index is -3.70. The van der Waals surface area contributed by atoms with E-state index in [-0.39, 0.29) is 10.1 Å². The number of rotatable bonds is 5. The largest absolute Gasteiger partial charge is 0.494 e. The molecule has 0 saturated heterocycles. The molecule has 0 aliphatic heterocycles. The number of sulfonamides is 1. The van der Waals surface area contributed by atoms with Gasteiger partial charge < -0.3 is 4.74 Å². The molecule has 0 aromatic carbocycles. The summed E-state index contributed by atoms with van der Waals surface area (Å²) in [4.78, 5) is 0. The summed E-state index contributed by atoms with van der Waals surface area (Å²) in [6.07, 6.45) is 5.10. The maximum Gasteiger partial charge on any atom is 0.254 e. The predicted octanol–water partition coefficient (Wildman–Crippen LogP) is 2.51. The van der Waals surface area contributed by atoms with Crippen molar-refractivity contribution in [1.82, 2.24) is 4.72 Å². The highest BCUT2D eigenvalue weighted by molar-refractivity contribution is 7.91. The Morgan fingerprint density at radius 1 is 1.45 bits per heavy atom. The summed E-state index contributed by atoms with van der Waals surface area (Å²) in [6.45, 7) is 0. The second-order valence-electron chi connectivity index (χ2n) is 4.90. The van der Waals surface area contributed by atoms with Gasteiger partial charge in [0.15, 0.2) is 4.21 Å². The number of hydrogen-bond donors (Lipinski definition) is 1. The second-order valence-corrected chi connectivity index (χ2v) is 7.73. The smallest absolute Gasteiger partial charge is 0.254 e. The molecule has 1 atom stereocenters. The molecule has 0 spiro atoms. The Hall–Kier alpha value is -1.10. The molecule has 1 heterocycles. The average molecular weight is 314 g/mol. The first-order valence-electron chi connectivity index (χ1n) is 6.62. The normalized spacial score (nSPS) is 18.4. The molecule has 2 rings (SSSR count). The van der Waals surface area contributed by atoms with E-state index in [0.29, 0.717) is 5.75 Å². The molecular weight excluding hydrogens is 296 g/mol. The van der Waals surface area contributed by atoms with Crippen LogP contribution in [0.2, 0.25) is 0 Å². The third kappa shape index (κ3) is 3.32. The van der Waals surface area contributed by atoms with Crippen molar-refractivity contribution in [3.05, 3.63) is 11.4 Å². The van der Waals surface area contributed by atoms with Crippen molar-refractivity contribution >= 4 is 21.4 Å². The summed E-state index contributed by atoms with van der Waals surface area (Å²) in [6, 6.07) is 3.05. The topological polar surface area (TPSA) is 79.2 Å². The number of nitrogens with one attached hydrogen (secondary N) is 1. The van der Waals surface area contributed by atoms with Gasteiger partial charge in [-0.3, -0.25) is 0 Å². The van der Waals surface area contributed by atoms with Crippen molar-refractivity contribution in [3.63, 3.8) is 0 Å². The SMILES string of the molecule is COc1ccsc1S(=O)(=O)NC(C#N)C1CCCCC1.